The van der Waals surface area contributed by atoms with E-state index in [4.69, 9.17) is 10.0 Å². The molecule has 0 aliphatic rings. The van der Waals surface area contributed by atoms with Gasteiger partial charge in [-0.2, -0.15) is 0 Å². The van der Waals surface area contributed by atoms with Crippen molar-refractivity contribution in [1.29, 1.82) is 0 Å². The van der Waals surface area contributed by atoms with Crippen LogP contribution in [0, 0.1) is 0 Å². The minimum Gasteiger partial charge on any atom is -0.423 e. The first kappa shape index (κ1) is 10.7. The molecule has 1 atom stereocenters. The maximum atomic E-state index is 8.91. The van der Waals surface area contributed by atoms with Crippen LogP contribution in [0.1, 0.15) is 17.8 Å². The largest absolute Gasteiger partial charge is 0.499 e. The van der Waals surface area contributed by atoms with E-state index in [1.54, 1.807) is 6.07 Å². The number of hydrogen-bond acceptors (Lipinski definition) is 4. The number of thiophene rings is 1. The first-order valence-electron chi connectivity index (χ1n) is 4.14. The van der Waals surface area contributed by atoms with Gasteiger partial charge in [-0.1, -0.05) is 6.07 Å². The molecule has 1 aromatic rings. The van der Waals surface area contributed by atoms with Crippen LogP contribution in [0.5, 0.6) is 0 Å². The molecular weight excluding hydrogens is 185 g/mol. The van der Waals surface area contributed by atoms with Gasteiger partial charge in [0.25, 0.3) is 0 Å². The summed E-state index contributed by atoms with van der Waals surface area (Å²) in [6.45, 7) is 2.08. The van der Waals surface area contributed by atoms with Crippen LogP contribution in [0.4, 0.5) is 0 Å². The van der Waals surface area contributed by atoms with E-state index in [-0.39, 0.29) is 0 Å². The fraction of sp³-hybridized carbons (Fsp3) is 0.500. The predicted octanol–water partition coefficient (Wildman–Crippen LogP) is 0.0505. The van der Waals surface area contributed by atoms with Crippen molar-refractivity contribution in [2.24, 2.45) is 0 Å². The summed E-state index contributed by atoms with van der Waals surface area (Å²) in [5.74, 6) is 0. The zero-order valence-corrected chi connectivity index (χ0v) is 8.88. The third kappa shape index (κ3) is 2.54. The number of rotatable bonds is 3. The van der Waals surface area contributed by atoms with Gasteiger partial charge in [-0.3, -0.25) is 0 Å². The zero-order chi connectivity index (χ0) is 10.0. The molecule has 0 aromatic carbocycles. The lowest BCUT2D eigenvalue weighted by molar-refractivity contribution is 0.325. The summed E-state index contributed by atoms with van der Waals surface area (Å²) in [5.41, 5.74) is 0. The lowest BCUT2D eigenvalue weighted by Crippen LogP contribution is -2.26. The van der Waals surface area contributed by atoms with E-state index in [2.05, 4.69) is 11.8 Å². The van der Waals surface area contributed by atoms with Gasteiger partial charge >= 0.3 is 7.12 Å². The Hall–Kier alpha value is -0.355. The SMILES string of the molecule is CC(c1ccc(B(O)O)s1)N(C)C. The van der Waals surface area contributed by atoms with Gasteiger partial charge in [0.15, 0.2) is 0 Å². The molecule has 5 heteroatoms. The highest BCUT2D eigenvalue weighted by atomic mass is 32.1. The van der Waals surface area contributed by atoms with Crippen LogP contribution in [0.3, 0.4) is 0 Å². The molecule has 0 saturated heterocycles. The Bertz CT molecular complexity index is 275. The van der Waals surface area contributed by atoms with Crippen molar-refractivity contribution >= 4 is 23.2 Å². The van der Waals surface area contributed by atoms with Gasteiger partial charge in [-0.05, 0) is 27.1 Å². The van der Waals surface area contributed by atoms with Gasteiger partial charge in [0.2, 0.25) is 0 Å². The first-order valence-corrected chi connectivity index (χ1v) is 4.96. The molecule has 0 amide bonds. The molecule has 72 valence electrons. The Kier molecular flexibility index (Phi) is 3.50. The average molecular weight is 199 g/mol. The van der Waals surface area contributed by atoms with E-state index in [9.17, 15) is 0 Å². The van der Waals surface area contributed by atoms with E-state index < -0.39 is 7.12 Å². The lowest BCUT2D eigenvalue weighted by atomic mass is 9.90. The highest BCUT2D eigenvalue weighted by Crippen LogP contribution is 2.20. The fourth-order valence-corrected chi connectivity index (χ4v) is 2.02. The molecular formula is C8H14BNO2S. The van der Waals surface area contributed by atoms with Gasteiger partial charge in [0, 0.05) is 15.7 Å². The Morgan fingerprint density at radius 3 is 2.38 bits per heavy atom. The Morgan fingerprint density at radius 1 is 1.38 bits per heavy atom. The van der Waals surface area contributed by atoms with Crippen molar-refractivity contribution < 1.29 is 10.0 Å². The van der Waals surface area contributed by atoms with Gasteiger partial charge in [-0.25, -0.2) is 0 Å². The summed E-state index contributed by atoms with van der Waals surface area (Å²) in [6.07, 6.45) is 0. The molecule has 3 nitrogen and oxygen atoms in total. The third-order valence-corrected chi connectivity index (χ3v) is 3.38. The van der Waals surface area contributed by atoms with Crippen LogP contribution in [-0.4, -0.2) is 36.2 Å². The standard InChI is InChI=1S/C8H14BNO2S/c1-6(10(2)3)7-4-5-8(13-7)9(11)12/h4-6,11-12H,1-3H3. The molecule has 1 heterocycles. The first-order chi connectivity index (χ1) is 6.02. The molecule has 2 N–H and O–H groups in total. The molecule has 0 bridgehead atoms. The van der Waals surface area contributed by atoms with Crippen molar-refractivity contribution in [3.63, 3.8) is 0 Å². The van der Waals surface area contributed by atoms with Crippen molar-refractivity contribution in [1.82, 2.24) is 4.90 Å². The van der Waals surface area contributed by atoms with Gasteiger partial charge in [0.05, 0.1) is 0 Å². The summed E-state index contributed by atoms with van der Waals surface area (Å²) in [6, 6.07) is 4.01. The van der Waals surface area contributed by atoms with Gasteiger partial charge in [-0.15, -0.1) is 11.3 Å². The Morgan fingerprint density at radius 2 is 2.00 bits per heavy atom. The minimum absolute atomic E-state index is 0.317. The van der Waals surface area contributed by atoms with E-state index in [0.717, 1.165) is 4.88 Å². The maximum absolute atomic E-state index is 8.91. The molecule has 1 rings (SSSR count). The summed E-state index contributed by atoms with van der Waals surface area (Å²) in [5, 5.41) is 17.8. The molecule has 0 aliphatic heterocycles. The van der Waals surface area contributed by atoms with Crippen LogP contribution in [-0.2, 0) is 0 Å². The molecule has 1 unspecified atom stereocenters. The van der Waals surface area contributed by atoms with Gasteiger partial charge < -0.3 is 14.9 Å². The summed E-state index contributed by atoms with van der Waals surface area (Å²) >= 11 is 1.44. The predicted molar refractivity (Wildman–Crippen MR) is 56.2 cm³/mol. The molecule has 0 fully saturated rings. The average Bonchev–Trinajstić information content (AvgIpc) is 2.50. The molecule has 0 saturated carbocycles. The molecule has 1 aromatic heterocycles. The van der Waals surface area contributed by atoms with E-state index in [1.165, 1.54) is 11.3 Å². The Balaban J connectivity index is 2.79. The second-order valence-corrected chi connectivity index (χ2v) is 4.40. The smallest absolute Gasteiger partial charge is 0.423 e. The lowest BCUT2D eigenvalue weighted by Gasteiger charge is -2.17. The maximum Gasteiger partial charge on any atom is 0.499 e. The summed E-state index contributed by atoms with van der Waals surface area (Å²) < 4.78 is 0.601. The summed E-state index contributed by atoms with van der Waals surface area (Å²) in [4.78, 5) is 3.23. The van der Waals surface area contributed by atoms with Crippen molar-refractivity contribution in [3.05, 3.63) is 17.0 Å². The quantitative estimate of drug-likeness (QED) is 0.676. The zero-order valence-electron chi connectivity index (χ0n) is 8.06. The fourth-order valence-electron chi connectivity index (χ4n) is 0.986. The third-order valence-electron chi connectivity index (χ3n) is 2.09. The van der Waals surface area contributed by atoms with E-state index in [0.29, 0.717) is 10.8 Å². The van der Waals surface area contributed by atoms with Crippen LogP contribution in [0.25, 0.3) is 0 Å². The van der Waals surface area contributed by atoms with Crippen LogP contribution in [0.15, 0.2) is 12.1 Å². The molecule has 0 spiro atoms. The second-order valence-electron chi connectivity index (χ2n) is 3.25. The van der Waals surface area contributed by atoms with E-state index in [1.807, 2.05) is 20.2 Å². The Labute approximate surface area is 82.8 Å². The van der Waals surface area contributed by atoms with Crippen molar-refractivity contribution in [3.8, 4) is 0 Å². The highest BCUT2D eigenvalue weighted by Gasteiger charge is 2.16. The van der Waals surface area contributed by atoms with Crippen molar-refractivity contribution in [2.75, 3.05) is 14.1 Å². The molecule has 0 aliphatic carbocycles. The minimum atomic E-state index is -1.34. The monoisotopic (exact) mass is 199 g/mol. The van der Waals surface area contributed by atoms with Crippen LogP contribution < -0.4 is 4.78 Å². The van der Waals surface area contributed by atoms with Gasteiger partial charge in [0.1, 0.15) is 0 Å². The topological polar surface area (TPSA) is 43.7 Å². The highest BCUT2D eigenvalue weighted by molar-refractivity contribution is 7.22. The van der Waals surface area contributed by atoms with Crippen LogP contribution >= 0.6 is 11.3 Å². The summed E-state index contributed by atoms with van der Waals surface area (Å²) in [7, 11) is 2.66. The normalized spacial score (nSPS) is 13.4. The molecule has 0 radical (unpaired) electrons. The van der Waals surface area contributed by atoms with Crippen LogP contribution in [0.2, 0.25) is 0 Å². The van der Waals surface area contributed by atoms with E-state index >= 15 is 0 Å². The number of hydrogen-bond donors (Lipinski definition) is 2. The molecule has 13 heavy (non-hydrogen) atoms. The number of nitrogens with zero attached hydrogens (tertiary/aromatic N) is 1. The van der Waals surface area contributed by atoms with Crippen molar-refractivity contribution in [2.45, 2.75) is 13.0 Å². The second kappa shape index (κ2) is 4.24.